The highest BCUT2D eigenvalue weighted by Gasteiger charge is 2.23. The number of likely N-dealkylation sites (tertiary alicyclic amines) is 1. The van der Waals surface area contributed by atoms with Gasteiger partial charge in [0.25, 0.3) is 0 Å². The first-order valence-corrected chi connectivity index (χ1v) is 4.45. The summed E-state index contributed by atoms with van der Waals surface area (Å²) < 4.78 is 0. The van der Waals surface area contributed by atoms with Crippen molar-refractivity contribution in [3.8, 4) is 0 Å². The van der Waals surface area contributed by atoms with Gasteiger partial charge in [-0.15, -0.1) is 0 Å². The lowest BCUT2D eigenvalue weighted by atomic mass is 9.83. The molecule has 1 aliphatic heterocycles. The maximum atomic E-state index is 4.04. The van der Waals surface area contributed by atoms with Gasteiger partial charge in [-0.05, 0) is 38.8 Å². The lowest BCUT2D eigenvalue weighted by Gasteiger charge is -2.35. The van der Waals surface area contributed by atoms with Gasteiger partial charge in [0, 0.05) is 6.54 Å². The molecule has 1 heterocycles. The molecule has 0 aromatic rings. The van der Waals surface area contributed by atoms with Gasteiger partial charge in [-0.3, -0.25) is 0 Å². The third-order valence-electron chi connectivity index (χ3n) is 2.74. The van der Waals surface area contributed by atoms with E-state index in [9.17, 15) is 0 Å². The van der Waals surface area contributed by atoms with E-state index in [1.807, 2.05) is 0 Å². The molecule has 0 aromatic heterocycles. The molecular weight excluding hydrogens is 134 g/mol. The Bertz CT molecular complexity index is 151. The summed E-state index contributed by atoms with van der Waals surface area (Å²) in [6, 6.07) is 0. The molecule has 0 amide bonds. The number of hydrogen-bond donors (Lipinski definition) is 0. The average Bonchev–Trinajstić information content (AvgIpc) is 1.85. The van der Waals surface area contributed by atoms with Crippen LogP contribution in [-0.4, -0.2) is 25.0 Å². The zero-order chi connectivity index (χ0) is 8.43. The summed E-state index contributed by atoms with van der Waals surface area (Å²) in [5, 5.41) is 0. The van der Waals surface area contributed by atoms with Crippen molar-refractivity contribution in [2.24, 2.45) is 11.8 Å². The van der Waals surface area contributed by atoms with Gasteiger partial charge in [0.1, 0.15) is 0 Å². The summed E-state index contributed by atoms with van der Waals surface area (Å²) >= 11 is 0. The monoisotopic (exact) mass is 153 g/mol. The largest absolute Gasteiger partial charge is 0.306 e. The molecule has 1 fully saturated rings. The minimum Gasteiger partial charge on any atom is -0.306 e. The van der Waals surface area contributed by atoms with Gasteiger partial charge in [-0.2, -0.15) is 0 Å². The summed E-state index contributed by atoms with van der Waals surface area (Å²) in [5.74, 6) is 1.57. The van der Waals surface area contributed by atoms with Crippen molar-refractivity contribution in [3.63, 3.8) is 0 Å². The first-order chi connectivity index (χ1) is 5.11. The molecule has 0 saturated carbocycles. The van der Waals surface area contributed by atoms with Crippen LogP contribution in [0.2, 0.25) is 0 Å². The Labute approximate surface area is 70.1 Å². The van der Waals surface area contributed by atoms with Crippen LogP contribution in [0.3, 0.4) is 0 Å². The first kappa shape index (κ1) is 8.79. The third-order valence-corrected chi connectivity index (χ3v) is 2.74. The van der Waals surface area contributed by atoms with Crippen LogP contribution in [0.25, 0.3) is 0 Å². The second-order valence-electron chi connectivity index (χ2n) is 3.98. The molecule has 1 saturated heterocycles. The average molecular weight is 153 g/mol. The molecule has 11 heavy (non-hydrogen) atoms. The fraction of sp³-hybridized carbons (Fsp3) is 0.800. The lowest BCUT2D eigenvalue weighted by Crippen LogP contribution is -2.36. The SMILES string of the molecule is C=C(C)[C@@H]1CCN(C)C[C@@H]1C. The van der Waals surface area contributed by atoms with E-state index >= 15 is 0 Å². The molecule has 0 N–H and O–H groups in total. The van der Waals surface area contributed by atoms with E-state index in [0.29, 0.717) is 0 Å². The molecule has 0 radical (unpaired) electrons. The van der Waals surface area contributed by atoms with Gasteiger partial charge >= 0.3 is 0 Å². The van der Waals surface area contributed by atoms with Crippen LogP contribution in [0.4, 0.5) is 0 Å². The van der Waals surface area contributed by atoms with Crippen molar-refractivity contribution >= 4 is 0 Å². The number of allylic oxidation sites excluding steroid dienone is 1. The molecule has 1 heteroatoms. The Hall–Kier alpha value is -0.300. The lowest BCUT2D eigenvalue weighted by molar-refractivity contribution is 0.175. The first-order valence-electron chi connectivity index (χ1n) is 4.45. The predicted molar refractivity (Wildman–Crippen MR) is 49.6 cm³/mol. The van der Waals surface area contributed by atoms with Gasteiger partial charge in [-0.1, -0.05) is 19.1 Å². The van der Waals surface area contributed by atoms with E-state index in [1.165, 1.54) is 25.1 Å². The van der Waals surface area contributed by atoms with E-state index in [1.54, 1.807) is 0 Å². The minimum absolute atomic E-state index is 0.770. The highest BCUT2D eigenvalue weighted by atomic mass is 15.1. The van der Waals surface area contributed by atoms with Crippen LogP contribution in [0.1, 0.15) is 20.3 Å². The highest BCUT2D eigenvalue weighted by Crippen LogP contribution is 2.27. The predicted octanol–water partition coefficient (Wildman–Crippen LogP) is 2.15. The highest BCUT2D eigenvalue weighted by molar-refractivity contribution is 5.00. The topological polar surface area (TPSA) is 3.24 Å². The summed E-state index contributed by atoms with van der Waals surface area (Å²) in [6.07, 6.45) is 1.30. The Balaban J connectivity index is 2.50. The maximum absolute atomic E-state index is 4.04. The summed E-state index contributed by atoms with van der Waals surface area (Å²) in [6.45, 7) is 11.0. The van der Waals surface area contributed by atoms with Crippen molar-refractivity contribution < 1.29 is 0 Å². The van der Waals surface area contributed by atoms with Crippen molar-refractivity contribution in [1.82, 2.24) is 4.90 Å². The summed E-state index contributed by atoms with van der Waals surface area (Å²) in [7, 11) is 2.20. The minimum atomic E-state index is 0.770. The van der Waals surface area contributed by atoms with E-state index in [2.05, 4.69) is 32.4 Å². The van der Waals surface area contributed by atoms with E-state index in [0.717, 1.165) is 11.8 Å². The fourth-order valence-corrected chi connectivity index (χ4v) is 2.09. The molecule has 1 nitrogen and oxygen atoms in total. The quantitative estimate of drug-likeness (QED) is 0.522. The Kier molecular flexibility index (Phi) is 2.72. The number of hydrogen-bond acceptors (Lipinski definition) is 1. The second kappa shape index (κ2) is 3.40. The van der Waals surface area contributed by atoms with Crippen LogP contribution in [0.5, 0.6) is 0 Å². The third kappa shape index (κ3) is 2.06. The molecule has 0 aromatic carbocycles. The number of piperidine rings is 1. The van der Waals surface area contributed by atoms with Gasteiger partial charge < -0.3 is 4.90 Å². The number of rotatable bonds is 1. The van der Waals surface area contributed by atoms with Gasteiger partial charge in [0.05, 0.1) is 0 Å². The van der Waals surface area contributed by atoms with Crippen LogP contribution >= 0.6 is 0 Å². The Morgan fingerprint density at radius 2 is 2.18 bits per heavy atom. The Morgan fingerprint density at radius 1 is 1.55 bits per heavy atom. The van der Waals surface area contributed by atoms with E-state index in [4.69, 9.17) is 0 Å². The van der Waals surface area contributed by atoms with Gasteiger partial charge in [0.2, 0.25) is 0 Å². The molecule has 0 bridgehead atoms. The molecule has 64 valence electrons. The van der Waals surface area contributed by atoms with Crippen molar-refractivity contribution in [1.29, 1.82) is 0 Å². The van der Waals surface area contributed by atoms with Crippen molar-refractivity contribution in [2.45, 2.75) is 20.3 Å². The van der Waals surface area contributed by atoms with Crippen LogP contribution in [-0.2, 0) is 0 Å². The van der Waals surface area contributed by atoms with E-state index in [-0.39, 0.29) is 0 Å². The number of nitrogens with zero attached hydrogens (tertiary/aromatic N) is 1. The van der Waals surface area contributed by atoms with Crippen LogP contribution in [0.15, 0.2) is 12.2 Å². The molecule has 0 unspecified atom stereocenters. The second-order valence-corrected chi connectivity index (χ2v) is 3.98. The standard InChI is InChI=1S/C10H19N/c1-8(2)10-5-6-11(4)7-9(10)3/h9-10H,1,5-7H2,2-4H3/t9-,10-/m0/s1. The zero-order valence-corrected chi connectivity index (χ0v) is 7.93. The molecule has 1 aliphatic rings. The molecule has 0 spiro atoms. The fourth-order valence-electron chi connectivity index (χ4n) is 2.09. The maximum Gasteiger partial charge on any atom is 0.000970 e. The van der Waals surface area contributed by atoms with Crippen LogP contribution < -0.4 is 0 Å². The van der Waals surface area contributed by atoms with Gasteiger partial charge in [-0.25, -0.2) is 0 Å². The summed E-state index contributed by atoms with van der Waals surface area (Å²) in [4.78, 5) is 2.41. The van der Waals surface area contributed by atoms with Crippen molar-refractivity contribution in [2.75, 3.05) is 20.1 Å². The van der Waals surface area contributed by atoms with Crippen LogP contribution in [0, 0.1) is 11.8 Å². The summed E-state index contributed by atoms with van der Waals surface area (Å²) in [5.41, 5.74) is 1.37. The molecule has 0 aliphatic carbocycles. The molecule has 2 atom stereocenters. The smallest absolute Gasteiger partial charge is 0.000970 e. The van der Waals surface area contributed by atoms with Crippen molar-refractivity contribution in [3.05, 3.63) is 12.2 Å². The van der Waals surface area contributed by atoms with Gasteiger partial charge in [0.15, 0.2) is 0 Å². The molecule has 1 rings (SSSR count). The molecular formula is C10H19N. The van der Waals surface area contributed by atoms with E-state index < -0.39 is 0 Å². The zero-order valence-electron chi connectivity index (χ0n) is 7.93. The Morgan fingerprint density at radius 3 is 2.64 bits per heavy atom. The normalized spacial score (nSPS) is 33.7.